The molecule has 1 aliphatic carbocycles. The molecule has 2 aliphatic rings. The molecule has 0 radical (unpaired) electrons. The number of piperidine rings is 1. The molecule has 4 heterocycles. The molecule has 0 spiro atoms. The second-order valence-electron chi connectivity index (χ2n) is 8.08. The fourth-order valence-corrected chi connectivity index (χ4v) is 5.92. The third-order valence-corrected chi connectivity index (χ3v) is 7.20. The Morgan fingerprint density at radius 2 is 2.10 bits per heavy atom. The molecule has 5 rings (SSSR count). The number of rotatable bonds is 3. The van der Waals surface area contributed by atoms with E-state index in [2.05, 4.69) is 15.3 Å². The predicted octanol–water partition coefficient (Wildman–Crippen LogP) is 3.01. The molecule has 8 heteroatoms. The molecule has 1 atom stereocenters. The van der Waals surface area contributed by atoms with Gasteiger partial charge >= 0.3 is 0 Å². The Hall–Kier alpha value is -2.48. The quantitative estimate of drug-likeness (QED) is 0.718. The number of nitrogens with one attached hydrogen (secondary N) is 1. The van der Waals surface area contributed by atoms with E-state index < -0.39 is 0 Å². The Bertz CT molecular complexity index is 1070. The van der Waals surface area contributed by atoms with Crippen molar-refractivity contribution in [2.75, 3.05) is 18.0 Å². The number of carbonyl (C=O) groups is 1. The van der Waals surface area contributed by atoms with Gasteiger partial charge in [-0.05, 0) is 57.1 Å². The molecule has 1 N–H and O–H groups in total. The number of aromatic nitrogens is 4. The van der Waals surface area contributed by atoms with E-state index in [1.165, 1.54) is 28.7 Å². The molecule has 0 aromatic carbocycles. The third kappa shape index (κ3) is 3.39. The summed E-state index contributed by atoms with van der Waals surface area (Å²) in [6.45, 7) is 3.72. The van der Waals surface area contributed by atoms with Crippen molar-refractivity contribution in [3.8, 4) is 0 Å². The molecular weight excluding hydrogens is 384 g/mol. The fourth-order valence-electron chi connectivity index (χ4n) is 4.61. The molecule has 152 valence electrons. The Morgan fingerprint density at radius 3 is 2.93 bits per heavy atom. The topological polar surface area (TPSA) is 75.9 Å². The number of hydrogen-bond donors (Lipinski definition) is 1. The molecule has 3 aromatic heterocycles. The van der Waals surface area contributed by atoms with E-state index in [-0.39, 0.29) is 11.9 Å². The van der Waals surface area contributed by atoms with Crippen LogP contribution in [0.2, 0.25) is 0 Å². The van der Waals surface area contributed by atoms with E-state index in [0.29, 0.717) is 5.69 Å². The number of hydrogen-bond acceptors (Lipinski definition) is 6. The summed E-state index contributed by atoms with van der Waals surface area (Å²) >= 11 is 1.85. The first-order valence-corrected chi connectivity index (χ1v) is 11.2. The van der Waals surface area contributed by atoms with E-state index in [1.54, 1.807) is 24.0 Å². The van der Waals surface area contributed by atoms with Crippen LogP contribution in [0, 0.1) is 6.92 Å². The van der Waals surface area contributed by atoms with Crippen molar-refractivity contribution in [3.63, 3.8) is 0 Å². The minimum atomic E-state index is -0.0613. The molecule has 7 nitrogen and oxygen atoms in total. The Labute approximate surface area is 174 Å². The van der Waals surface area contributed by atoms with Gasteiger partial charge in [-0.1, -0.05) is 0 Å². The van der Waals surface area contributed by atoms with Gasteiger partial charge in [-0.3, -0.25) is 9.48 Å². The van der Waals surface area contributed by atoms with Crippen LogP contribution in [0.1, 0.15) is 52.4 Å². The number of fused-ring (bicyclic) bond motifs is 3. The minimum absolute atomic E-state index is 0.0613. The molecule has 1 aliphatic heterocycles. The molecule has 1 fully saturated rings. The summed E-state index contributed by atoms with van der Waals surface area (Å²) in [5.74, 6) is 1.83. The maximum atomic E-state index is 12.6. The van der Waals surface area contributed by atoms with Gasteiger partial charge in [0.15, 0.2) is 0 Å². The highest BCUT2D eigenvalue weighted by molar-refractivity contribution is 7.19. The van der Waals surface area contributed by atoms with Gasteiger partial charge in [0, 0.05) is 37.3 Å². The van der Waals surface area contributed by atoms with Crippen LogP contribution >= 0.6 is 11.3 Å². The highest BCUT2D eigenvalue weighted by atomic mass is 32.1. The largest absolute Gasteiger partial charge is 0.354 e. The third-order valence-electron chi connectivity index (χ3n) is 6.02. The van der Waals surface area contributed by atoms with Crippen molar-refractivity contribution >= 4 is 33.3 Å². The van der Waals surface area contributed by atoms with Crippen LogP contribution in [0.4, 0.5) is 5.82 Å². The van der Waals surface area contributed by atoms with Crippen LogP contribution in [0.15, 0.2) is 12.3 Å². The highest BCUT2D eigenvalue weighted by Gasteiger charge is 2.28. The van der Waals surface area contributed by atoms with Crippen LogP contribution in [0.3, 0.4) is 0 Å². The summed E-state index contributed by atoms with van der Waals surface area (Å²) in [5, 5.41) is 8.56. The number of carbonyl (C=O) groups excluding carboxylic acids is 1. The smallest absolute Gasteiger partial charge is 0.269 e. The maximum absolute atomic E-state index is 12.6. The van der Waals surface area contributed by atoms with Crippen molar-refractivity contribution in [3.05, 3.63) is 34.2 Å². The van der Waals surface area contributed by atoms with Crippen molar-refractivity contribution in [1.29, 1.82) is 0 Å². The Morgan fingerprint density at radius 1 is 1.24 bits per heavy atom. The van der Waals surface area contributed by atoms with Crippen molar-refractivity contribution in [2.24, 2.45) is 7.05 Å². The molecule has 29 heavy (non-hydrogen) atoms. The SMILES string of the molecule is Cc1nc(N2CCCC(NC(=O)c3ccnn3C)C2)c2c3c(sc2n1)CCCC3. The van der Waals surface area contributed by atoms with E-state index in [0.717, 1.165) is 55.2 Å². The summed E-state index contributed by atoms with van der Waals surface area (Å²) in [6, 6.07) is 1.86. The monoisotopic (exact) mass is 410 g/mol. The molecule has 0 bridgehead atoms. The van der Waals surface area contributed by atoms with Gasteiger partial charge in [-0.25, -0.2) is 9.97 Å². The maximum Gasteiger partial charge on any atom is 0.269 e. The van der Waals surface area contributed by atoms with Crippen molar-refractivity contribution < 1.29 is 4.79 Å². The van der Waals surface area contributed by atoms with Gasteiger partial charge < -0.3 is 10.2 Å². The first-order chi connectivity index (χ1) is 14.1. The van der Waals surface area contributed by atoms with Crippen LogP contribution < -0.4 is 10.2 Å². The average Bonchev–Trinajstić information content (AvgIpc) is 3.30. The zero-order valence-electron chi connectivity index (χ0n) is 16.9. The lowest BCUT2D eigenvalue weighted by atomic mass is 9.96. The molecular formula is C21H26N6OS. The summed E-state index contributed by atoms with van der Waals surface area (Å²) in [5.41, 5.74) is 2.06. The number of amides is 1. The van der Waals surface area contributed by atoms with Gasteiger partial charge in [0.25, 0.3) is 5.91 Å². The van der Waals surface area contributed by atoms with E-state index >= 15 is 0 Å². The van der Waals surface area contributed by atoms with E-state index in [9.17, 15) is 4.79 Å². The van der Waals surface area contributed by atoms with Gasteiger partial charge in [-0.2, -0.15) is 5.10 Å². The predicted molar refractivity (Wildman–Crippen MR) is 115 cm³/mol. The normalized spacial score (nSPS) is 19.4. The standard InChI is InChI=1S/C21H26N6OS/c1-13-23-19(18-15-7-3-4-8-17(15)29-21(18)24-13)27-11-5-6-14(12-27)25-20(28)16-9-10-22-26(16)2/h9-10,14H,3-8,11-12H2,1-2H3,(H,25,28). The molecule has 1 unspecified atom stereocenters. The van der Waals surface area contributed by atoms with Crippen LogP contribution in [0.5, 0.6) is 0 Å². The first-order valence-electron chi connectivity index (χ1n) is 10.4. The van der Waals surface area contributed by atoms with Crippen LogP contribution in [-0.4, -0.2) is 44.8 Å². The second-order valence-corrected chi connectivity index (χ2v) is 9.17. The Balaban J connectivity index is 1.43. The van der Waals surface area contributed by atoms with Gasteiger partial charge in [-0.15, -0.1) is 11.3 Å². The van der Waals surface area contributed by atoms with E-state index in [1.807, 2.05) is 18.3 Å². The summed E-state index contributed by atoms with van der Waals surface area (Å²) < 4.78 is 1.62. The van der Waals surface area contributed by atoms with Crippen molar-refractivity contribution in [1.82, 2.24) is 25.1 Å². The lowest BCUT2D eigenvalue weighted by Crippen LogP contribution is -2.48. The van der Waals surface area contributed by atoms with Crippen molar-refractivity contribution in [2.45, 2.75) is 51.5 Å². The average molecular weight is 411 g/mol. The first kappa shape index (κ1) is 18.5. The number of thiophene rings is 1. The molecule has 3 aromatic rings. The number of aryl methyl sites for hydroxylation is 4. The highest BCUT2D eigenvalue weighted by Crippen LogP contribution is 2.40. The molecule has 1 saturated heterocycles. The number of nitrogens with zero attached hydrogens (tertiary/aromatic N) is 5. The summed E-state index contributed by atoms with van der Waals surface area (Å²) in [7, 11) is 1.79. The summed E-state index contributed by atoms with van der Waals surface area (Å²) in [4.78, 5) is 27.2. The second kappa shape index (κ2) is 7.40. The lowest BCUT2D eigenvalue weighted by Gasteiger charge is -2.34. The Kier molecular flexibility index (Phi) is 4.73. The zero-order chi connectivity index (χ0) is 20.0. The van der Waals surface area contributed by atoms with Crippen LogP contribution in [0.25, 0.3) is 10.2 Å². The number of anilines is 1. The minimum Gasteiger partial charge on any atom is -0.354 e. The summed E-state index contributed by atoms with van der Waals surface area (Å²) in [6.07, 6.45) is 8.48. The molecule has 0 saturated carbocycles. The van der Waals surface area contributed by atoms with Gasteiger partial charge in [0.05, 0.1) is 5.39 Å². The van der Waals surface area contributed by atoms with Crippen LogP contribution in [-0.2, 0) is 19.9 Å². The van der Waals surface area contributed by atoms with E-state index in [4.69, 9.17) is 9.97 Å². The van der Waals surface area contributed by atoms with Gasteiger partial charge in [0.2, 0.25) is 0 Å². The van der Waals surface area contributed by atoms with Gasteiger partial charge in [0.1, 0.15) is 22.2 Å². The molecule has 1 amide bonds. The lowest BCUT2D eigenvalue weighted by molar-refractivity contribution is 0.0923. The zero-order valence-corrected chi connectivity index (χ0v) is 17.8. The fraction of sp³-hybridized carbons (Fsp3) is 0.524.